The first kappa shape index (κ1) is 7.74. The summed E-state index contributed by atoms with van der Waals surface area (Å²) in [6.07, 6.45) is 7.42. The largest absolute Gasteiger partial charge is 0.303 e. The Morgan fingerprint density at radius 3 is 2.92 bits per heavy atom. The third-order valence-electron chi connectivity index (χ3n) is 3.63. The first-order valence-electron chi connectivity index (χ1n) is 4.96. The van der Waals surface area contributed by atoms with Gasteiger partial charge in [-0.15, -0.1) is 0 Å². The van der Waals surface area contributed by atoms with Crippen molar-refractivity contribution < 1.29 is 0 Å². The van der Waals surface area contributed by atoms with Gasteiger partial charge in [-0.3, -0.25) is 5.10 Å². The number of nitrogens with one attached hydrogen (secondary N) is 1. The van der Waals surface area contributed by atoms with E-state index in [-0.39, 0.29) is 0 Å². The minimum Gasteiger partial charge on any atom is -0.303 e. The third kappa shape index (κ3) is 1.08. The molecular formula is C9H13N3S. The molecule has 2 fully saturated rings. The lowest BCUT2D eigenvalue weighted by atomic mass is 9.95. The van der Waals surface area contributed by atoms with Crippen molar-refractivity contribution in [3.63, 3.8) is 0 Å². The molecule has 4 heteroatoms. The average Bonchev–Trinajstić information content (AvgIpc) is 2.77. The molecule has 0 aromatic carbocycles. The van der Waals surface area contributed by atoms with Gasteiger partial charge in [-0.2, -0.15) is 5.10 Å². The van der Waals surface area contributed by atoms with Crippen LogP contribution < -0.4 is 0 Å². The Morgan fingerprint density at radius 1 is 1.46 bits per heavy atom. The van der Waals surface area contributed by atoms with Crippen molar-refractivity contribution >= 4 is 12.2 Å². The van der Waals surface area contributed by atoms with E-state index in [0.29, 0.717) is 6.04 Å². The predicted molar refractivity (Wildman–Crippen MR) is 51.9 cm³/mol. The lowest BCUT2D eigenvalue weighted by molar-refractivity contribution is 0.326. The Morgan fingerprint density at radius 2 is 2.38 bits per heavy atom. The number of fused-ring (bicyclic) bond motifs is 2. The van der Waals surface area contributed by atoms with Gasteiger partial charge in [0.05, 0.1) is 0 Å². The summed E-state index contributed by atoms with van der Waals surface area (Å²) in [5, 5.41) is 6.82. The number of nitrogens with zero attached hydrogens (tertiary/aromatic N) is 2. The summed E-state index contributed by atoms with van der Waals surface area (Å²) in [5.41, 5.74) is 0. The monoisotopic (exact) mass is 195 g/mol. The first-order chi connectivity index (χ1) is 6.34. The van der Waals surface area contributed by atoms with Gasteiger partial charge in [-0.1, -0.05) is 6.42 Å². The molecule has 0 amide bonds. The second-order valence-corrected chi connectivity index (χ2v) is 4.70. The quantitative estimate of drug-likeness (QED) is 0.698. The van der Waals surface area contributed by atoms with Crippen LogP contribution in [0.25, 0.3) is 0 Å². The van der Waals surface area contributed by atoms with E-state index in [2.05, 4.69) is 14.8 Å². The minimum absolute atomic E-state index is 0.644. The smallest absolute Gasteiger partial charge is 0.195 e. The number of aromatic nitrogens is 3. The van der Waals surface area contributed by atoms with Gasteiger partial charge < -0.3 is 4.57 Å². The molecule has 0 saturated heterocycles. The van der Waals surface area contributed by atoms with E-state index >= 15 is 0 Å². The molecule has 3 nitrogen and oxygen atoms in total. The van der Waals surface area contributed by atoms with Crippen molar-refractivity contribution in [3.8, 4) is 0 Å². The summed E-state index contributed by atoms with van der Waals surface area (Å²) in [7, 11) is 0. The van der Waals surface area contributed by atoms with Crippen LogP contribution in [-0.4, -0.2) is 14.8 Å². The second kappa shape index (κ2) is 2.67. The maximum atomic E-state index is 5.18. The van der Waals surface area contributed by atoms with Crippen molar-refractivity contribution in [2.75, 3.05) is 0 Å². The highest BCUT2D eigenvalue weighted by molar-refractivity contribution is 7.71. The highest BCUT2D eigenvalue weighted by atomic mass is 32.1. The van der Waals surface area contributed by atoms with Gasteiger partial charge >= 0.3 is 0 Å². The van der Waals surface area contributed by atoms with E-state index in [0.717, 1.165) is 16.6 Å². The van der Waals surface area contributed by atoms with E-state index in [1.807, 2.05) is 6.33 Å². The molecule has 2 aliphatic rings. The Hall–Kier alpha value is -0.640. The lowest BCUT2D eigenvalue weighted by Crippen LogP contribution is -2.15. The molecule has 1 heterocycles. The highest BCUT2D eigenvalue weighted by Crippen LogP contribution is 2.50. The fourth-order valence-electron chi connectivity index (χ4n) is 3.04. The van der Waals surface area contributed by atoms with E-state index < -0.39 is 0 Å². The van der Waals surface area contributed by atoms with Crippen LogP contribution >= 0.6 is 12.2 Å². The fourth-order valence-corrected chi connectivity index (χ4v) is 3.28. The molecule has 70 valence electrons. The predicted octanol–water partition coefficient (Wildman–Crippen LogP) is 2.30. The van der Waals surface area contributed by atoms with Crippen LogP contribution in [0.15, 0.2) is 6.33 Å². The van der Waals surface area contributed by atoms with Crippen LogP contribution in [0.5, 0.6) is 0 Å². The molecule has 0 aliphatic heterocycles. The van der Waals surface area contributed by atoms with Crippen molar-refractivity contribution in [3.05, 3.63) is 11.1 Å². The van der Waals surface area contributed by atoms with Gasteiger partial charge in [0.1, 0.15) is 6.33 Å². The maximum Gasteiger partial charge on any atom is 0.195 e. The molecule has 0 spiro atoms. The lowest BCUT2D eigenvalue weighted by Gasteiger charge is -2.22. The van der Waals surface area contributed by atoms with Crippen LogP contribution in [-0.2, 0) is 0 Å². The summed E-state index contributed by atoms with van der Waals surface area (Å²) >= 11 is 5.18. The number of H-pyrrole nitrogens is 1. The van der Waals surface area contributed by atoms with Crippen molar-refractivity contribution in [1.29, 1.82) is 0 Å². The summed E-state index contributed by atoms with van der Waals surface area (Å²) in [5.74, 6) is 1.83. The van der Waals surface area contributed by atoms with Gasteiger partial charge in [-0.05, 0) is 43.3 Å². The fraction of sp³-hybridized carbons (Fsp3) is 0.778. The van der Waals surface area contributed by atoms with Gasteiger partial charge in [-0.25, -0.2) is 0 Å². The molecule has 2 aliphatic carbocycles. The normalized spacial score (nSPS) is 37.1. The molecule has 3 rings (SSSR count). The number of hydrogen-bond acceptors (Lipinski definition) is 2. The molecule has 3 atom stereocenters. The molecule has 1 N–H and O–H groups in total. The molecule has 2 saturated carbocycles. The average molecular weight is 195 g/mol. The molecule has 2 bridgehead atoms. The topological polar surface area (TPSA) is 33.6 Å². The maximum absolute atomic E-state index is 5.18. The zero-order chi connectivity index (χ0) is 8.84. The molecular weight excluding hydrogens is 182 g/mol. The van der Waals surface area contributed by atoms with Crippen molar-refractivity contribution in [1.82, 2.24) is 14.8 Å². The minimum atomic E-state index is 0.644. The van der Waals surface area contributed by atoms with Gasteiger partial charge in [0.15, 0.2) is 4.77 Å². The summed E-state index contributed by atoms with van der Waals surface area (Å²) in [6, 6.07) is 0.644. The Labute approximate surface area is 82.2 Å². The Bertz CT molecular complexity index is 367. The van der Waals surface area contributed by atoms with E-state index in [1.165, 1.54) is 25.7 Å². The summed E-state index contributed by atoms with van der Waals surface area (Å²) < 4.78 is 2.94. The molecule has 3 unspecified atom stereocenters. The Balaban J connectivity index is 1.95. The van der Waals surface area contributed by atoms with Crippen molar-refractivity contribution in [2.24, 2.45) is 11.8 Å². The van der Waals surface area contributed by atoms with Crippen LogP contribution in [0.2, 0.25) is 0 Å². The van der Waals surface area contributed by atoms with Crippen LogP contribution in [0, 0.1) is 16.6 Å². The van der Waals surface area contributed by atoms with Crippen LogP contribution in [0.4, 0.5) is 0 Å². The SMILES string of the molecule is S=c1[nH]ncn1C1CC2CCC1C2. The molecule has 0 radical (unpaired) electrons. The van der Waals surface area contributed by atoms with E-state index in [9.17, 15) is 0 Å². The standard InChI is InChI=1S/C9H13N3S/c13-9-11-10-5-12(9)8-4-6-1-2-7(8)3-6/h5-8H,1-4H2,(H,11,13). The number of rotatable bonds is 1. The summed E-state index contributed by atoms with van der Waals surface area (Å²) in [4.78, 5) is 0. The molecule has 13 heavy (non-hydrogen) atoms. The zero-order valence-electron chi connectivity index (χ0n) is 7.44. The Kier molecular flexibility index (Phi) is 1.59. The molecule has 1 aromatic heterocycles. The van der Waals surface area contributed by atoms with Gasteiger partial charge in [0.2, 0.25) is 0 Å². The number of aromatic amines is 1. The first-order valence-corrected chi connectivity index (χ1v) is 5.37. The second-order valence-electron chi connectivity index (χ2n) is 4.31. The summed E-state index contributed by atoms with van der Waals surface area (Å²) in [6.45, 7) is 0. The van der Waals surface area contributed by atoms with Gasteiger partial charge in [0.25, 0.3) is 0 Å². The van der Waals surface area contributed by atoms with Gasteiger partial charge in [0, 0.05) is 6.04 Å². The van der Waals surface area contributed by atoms with Crippen molar-refractivity contribution in [2.45, 2.75) is 31.7 Å². The highest BCUT2D eigenvalue weighted by Gasteiger charge is 2.40. The third-order valence-corrected chi connectivity index (χ3v) is 3.94. The molecule has 1 aromatic rings. The van der Waals surface area contributed by atoms with Crippen LogP contribution in [0.3, 0.4) is 0 Å². The number of hydrogen-bond donors (Lipinski definition) is 1. The van der Waals surface area contributed by atoms with E-state index in [1.54, 1.807) is 0 Å². The van der Waals surface area contributed by atoms with Crippen LogP contribution in [0.1, 0.15) is 31.7 Å². The van der Waals surface area contributed by atoms with E-state index in [4.69, 9.17) is 12.2 Å². The zero-order valence-corrected chi connectivity index (χ0v) is 8.26.